The van der Waals surface area contributed by atoms with Crippen LogP contribution in [0.4, 0.5) is 22.0 Å². The first-order chi connectivity index (χ1) is 26.6. The Morgan fingerprint density at radius 3 is 1.89 bits per heavy atom. The van der Waals surface area contributed by atoms with Gasteiger partial charge in [0.1, 0.15) is 61.1 Å². The van der Waals surface area contributed by atoms with Crippen molar-refractivity contribution < 1.29 is 50.6 Å². The monoisotopic (exact) mass is 758 g/mol. The van der Waals surface area contributed by atoms with Crippen LogP contribution >= 0.6 is 0 Å². The van der Waals surface area contributed by atoms with Crippen LogP contribution in [-0.4, -0.2) is 48.2 Å². The predicted molar refractivity (Wildman–Crippen MR) is 190 cm³/mol. The number of carbonyl (C=O) groups excluding carboxylic acids is 2. The Kier molecular flexibility index (Phi) is 13.8. The maximum Gasteiger partial charge on any atom is 0.293 e. The third kappa shape index (κ3) is 11.6. The second-order valence-electron chi connectivity index (χ2n) is 11.2. The minimum Gasteiger partial charge on any atom is -0.490 e. The Morgan fingerprint density at radius 2 is 1.22 bits per heavy atom. The zero-order valence-electron chi connectivity index (χ0n) is 28.7. The summed E-state index contributed by atoms with van der Waals surface area (Å²) in [5.74, 6) is -3.86. The summed E-state index contributed by atoms with van der Waals surface area (Å²) in [6.45, 7) is -0.0286. The van der Waals surface area contributed by atoms with E-state index in [0.717, 1.165) is 29.3 Å². The molecule has 0 atom stereocenters. The van der Waals surface area contributed by atoms with Crippen LogP contribution in [0.15, 0.2) is 122 Å². The summed E-state index contributed by atoms with van der Waals surface area (Å²) >= 11 is 0. The molecule has 4 aromatic carbocycles. The van der Waals surface area contributed by atoms with Gasteiger partial charge in [-0.3, -0.25) is 19.4 Å². The number of aromatic nitrogens is 2. The number of halogens is 5. The lowest BCUT2D eigenvalue weighted by Gasteiger charge is -2.14. The number of ether oxygens (including phenoxy) is 3. The lowest BCUT2D eigenvalue weighted by atomic mass is 10.0. The van der Waals surface area contributed by atoms with E-state index in [1.807, 2.05) is 0 Å². The van der Waals surface area contributed by atoms with Crippen LogP contribution in [0.3, 0.4) is 0 Å². The number of hydrogen-bond donors (Lipinski definition) is 2. The molecular weight excluding hydrogens is 727 g/mol. The molecule has 0 aliphatic heterocycles. The number of pyridine rings is 2. The number of para-hydroxylation sites is 1. The van der Waals surface area contributed by atoms with Gasteiger partial charge >= 0.3 is 0 Å². The highest BCUT2D eigenvalue weighted by Crippen LogP contribution is 2.32. The van der Waals surface area contributed by atoms with E-state index in [1.165, 1.54) is 60.9 Å². The second kappa shape index (κ2) is 19.3. The minimum absolute atomic E-state index is 0.00108. The SMILES string of the molecule is NC(=O)c1nccc(-c2ccc(F)cc2)c1OCCOc1cc(F)cc(F)c1.O=C(NOCCOc1ccccc1F)c1cc(-c2ccc(F)cc2)ccn1. The largest absolute Gasteiger partial charge is 0.490 e. The summed E-state index contributed by atoms with van der Waals surface area (Å²) in [4.78, 5) is 36.8. The van der Waals surface area contributed by atoms with E-state index >= 15 is 0 Å². The molecule has 0 saturated heterocycles. The third-order valence-electron chi connectivity index (χ3n) is 7.34. The van der Waals surface area contributed by atoms with Crippen molar-refractivity contribution in [1.82, 2.24) is 15.4 Å². The zero-order chi connectivity index (χ0) is 39.2. The van der Waals surface area contributed by atoms with E-state index in [2.05, 4.69) is 15.4 Å². The molecule has 0 unspecified atom stereocenters. The summed E-state index contributed by atoms with van der Waals surface area (Å²) in [6, 6.07) is 25.2. The van der Waals surface area contributed by atoms with Gasteiger partial charge in [0.05, 0.1) is 0 Å². The summed E-state index contributed by atoms with van der Waals surface area (Å²) < 4.78 is 82.0. The molecule has 10 nitrogen and oxygen atoms in total. The fourth-order valence-electron chi connectivity index (χ4n) is 4.84. The van der Waals surface area contributed by atoms with Gasteiger partial charge in [0.15, 0.2) is 23.0 Å². The number of amides is 2. The number of benzene rings is 4. The molecule has 0 bridgehead atoms. The van der Waals surface area contributed by atoms with Gasteiger partial charge in [-0.05, 0) is 71.3 Å². The van der Waals surface area contributed by atoms with Crippen LogP contribution in [-0.2, 0) is 4.84 Å². The van der Waals surface area contributed by atoms with Gasteiger partial charge in [-0.15, -0.1) is 0 Å². The van der Waals surface area contributed by atoms with Crippen LogP contribution in [0.5, 0.6) is 17.2 Å². The Bertz CT molecular complexity index is 2210. The van der Waals surface area contributed by atoms with Gasteiger partial charge in [-0.1, -0.05) is 36.4 Å². The average Bonchev–Trinajstić information content (AvgIpc) is 3.17. The number of hydroxylamine groups is 1. The molecule has 6 rings (SSSR count). The zero-order valence-corrected chi connectivity index (χ0v) is 28.7. The normalized spacial score (nSPS) is 10.5. The number of rotatable bonds is 14. The molecule has 0 saturated carbocycles. The number of carbonyl (C=O) groups is 2. The van der Waals surface area contributed by atoms with Crippen molar-refractivity contribution in [3.05, 3.63) is 162 Å². The van der Waals surface area contributed by atoms with Gasteiger partial charge < -0.3 is 19.9 Å². The Labute approximate surface area is 311 Å². The Balaban J connectivity index is 0.000000211. The average molecular weight is 759 g/mol. The van der Waals surface area contributed by atoms with Crippen LogP contribution in [0, 0.1) is 29.1 Å². The molecule has 3 N–H and O–H groups in total. The highest BCUT2D eigenvalue weighted by molar-refractivity contribution is 5.96. The van der Waals surface area contributed by atoms with Crippen molar-refractivity contribution in [2.24, 2.45) is 5.73 Å². The minimum atomic E-state index is -0.799. The third-order valence-corrected chi connectivity index (χ3v) is 7.34. The molecule has 0 spiro atoms. The van der Waals surface area contributed by atoms with Gasteiger partial charge in [0.25, 0.3) is 11.8 Å². The lowest BCUT2D eigenvalue weighted by molar-refractivity contribution is 0.0192. The highest BCUT2D eigenvalue weighted by atomic mass is 19.1. The molecule has 0 radical (unpaired) electrons. The fraction of sp³-hybridized carbons (Fsp3) is 0.100. The van der Waals surface area contributed by atoms with Crippen LogP contribution < -0.4 is 25.4 Å². The first-order valence-corrected chi connectivity index (χ1v) is 16.4. The maximum absolute atomic E-state index is 13.4. The smallest absolute Gasteiger partial charge is 0.293 e. The summed E-state index contributed by atoms with van der Waals surface area (Å²) in [5, 5.41) is 0. The van der Waals surface area contributed by atoms with E-state index in [-0.39, 0.29) is 60.9 Å². The standard InChI is InChI=1S/C20H15F3N2O3.C20H16F2N2O3/c21-13-3-1-12(2-4-13)17-5-6-25-18(20(24)26)19(17)28-8-7-27-16-10-14(22)9-15(23)11-16;21-16-7-5-14(6-8-16)15-9-10-23-18(13-15)20(25)24-27-12-11-26-19-4-2-1-3-17(19)22/h1-6,9-11H,7-8H2,(H2,24,26);1-10,13H,11-12H2,(H,24,25). The molecular formula is C40H31F5N4O6. The van der Waals surface area contributed by atoms with Crippen molar-refractivity contribution in [2.75, 3.05) is 26.4 Å². The summed E-state index contributed by atoms with van der Waals surface area (Å²) in [5.41, 5.74) is 10.2. The molecule has 55 heavy (non-hydrogen) atoms. The molecule has 2 aromatic heterocycles. The second-order valence-corrected chi connectivity index (χ2v) is 11.2. The number of nitrogens with zero attached hydrogens (tertiary/aromatic N) is 2. The summed E-state index contributed by atoms with van der Waals surface area (Å²) in [6.07, 6.45) is 2.87. The Morgan fingerprint density at radius 1 is 0.600 bits per heavy atom. The van der Waals surface area contributed by atoms with E-state index in [0.29, 0.717) is 11.1 Å². The fourth-order valence-corrected chi connectivity index (χ4v) is 4.84. The van der Waals surface area contributed by atoms with Crippen LogP contribution in [0.2, 0.25) is 0 Å². The number of primary amides is 1. The van der Waals surface area contributed by atoms with E-state index in [4.69, 9.17) is 24.8 Å². The molecule has 0 aliphatic carbocycles. The predicted octanol–water partition coefficient (Wildman–Crippen LogP) is 7.49. The van der Waals surface area contributed by atoms with Crippen molar-refractivity contribution >= 4 is 11.8 Å². The van der Waals surface area contributed by atoms with Crippen molar-refractivity contribution in [2.45, 2.75) is 0 Å². The number of nitrogens with two attached hydrogens (primary N) is 1. The van der Waals surface area contributed by atoms with Crippen LogP contribution in [0.1, 0.15) is 21.0 Å². The molecule has 0 aliphatic rings. The van der Waals surface area contributed by atoms with Crippen molar-refractivity contribution in [3.8, 4) is 39.5 Å². The lowest BCUT2D eigenvalue weighted by Crippen LogP contribution is -2.26. The van der Waals surface area contributed by atoms with E-state index < -0.39 is 35.1 Å². The van der Waals surface area contributed by atoms with E-state index in [1.54, 1.807) is 42.5 Å². The Hall–Kier alpha value is -6.87. The number of hydrogen-bond acceptors (Lipinski definition) is 8. The molecule has 0 fully saturated rings. The first-order valence-electron chi connectivity index (χ1n) is 16.4. The molecule has 2 heterocycles. The van der Waals surface area contributed by atoms with Gasteiger partial charge in [0, 0.05) is 36.2 Å². The van der Waals surface area contributed by atoms with Crippen molar-refractivity contribution in [3.63, 3.8) is 0 Å². The highest BCUT2D eigenvalue weighted by Gasteiger charge is 2.17. The molecule has 2 amide bonds. The molecule has 15 heteroatoms. The topological polar surface area (TPSA) is 135 Å². The molecule has 6 aromatic rings. The molecule has 282 valence electrons. The quantitative estimate of drug-likeness (QED) is 0.0663. The maximum atomic E-state index is 13.4. The van der Waals surface area contributed by atoms with Crippen LogP contribution in [0.25, 0.3) is 22.3 Å². The van der Waals surface area contributed by atoms with Gasteiger partial charge in [-0.2, -0.15) is 0 Å². The van der Waals surface area contributed by atoms with Crippen molar-refractivity contribution in [1.29, 1.82) is 0 Å². The van der Waals surface area contributed by atoms with Gasteiger partial charge in [0.2, 0.25) is 0 Å². The summed E-state index contributed by atoms with van der Waals surface area (Å²) in [7, 11) is 0. The first kappa shape index (κ1) is 39.3. The van der Waals surface area contributed by atoms with E-state index in [9.17, 15) is 31.5 Å². The number of nitrogens with one attached hydrogen (secondary N) is 1. The van der Waals surface area contributed by atoms with Gasteiger partial charge in [-0.25, -0.2) is 32.4 Å².